The number of halogens is 1. The molecule has 6 heteroatoms. The van der Waals surface area contributed by atoms with Gasteiger partial charge in [0.1, 0.15) is 0 Å². The fraction of sp³-hybridized carbons (Fsp3) is 0.286. The van der Waals surface area contributed by atoms with Gasteiger partial charge in [0.05, 0.1) is 29.2 Å². The topological polar surface area (TPSA) is 72.9 Å². The first-order valence-electron chi connectivity index (χ1n) is 6.44. The first-order chi connectivity index (χ1) is 9.61. The Labute approximate surface area is 122 Å². The number of aromatic nitrogens is 2. The van der Waals surface area contributed by atoms with E-state index in [0.29, 0.717) is 17.1 Å². The molecule has 0 fully saturated rings. The molecule has 0 radical (unpaired) electrons. The molecular formula is C14H17ClN4O. The van der Waals surface area contributed by atoms with Gasteiger partial charge in [-0.2, -0.15) is 0 Å². The predicted octanol–water partition coefficient (Wildman–Crippen LogP) is 2.66. The summed E-state index contributed by atoms with van der Waals surface area (Å²) in [4.78, 5) is 15.4. The lowest BCUT2D eigenvalue weighted by Crippen LogP contribution is -2.12. The van der Waals surface area contributed by atoms with Gasteiger partial charge in [0.25, 0.3) is 0 Å². The molecule has 2 aromatic rings. The van der Waals surface area contributed by atoms with Crippen molar-refractivity contribution in [3.63, 3.8) is 0 Å². The van der Waals surface area contributed by atoms with E-state index in [9.17, 15) is 4.79 Å². The maximum Gasteiger partial charge on any atom is 0.250 e. The van der Waals surface area contributed by atoms with Crippen molar-refractivity contribution in [2.24, 2.45) is 5.73 Å². The van der Waals surface area contributed by atoms with Gasteiger partial charge in [-0.05, 0) is 24.6 Å². The molecule has 0 spiro atoms. The number of nitrogens with two attached hydrogens (primary N) is 1. The van der Waals surface area contributed by atoms with Crippen LogP contribution in [0, 0.1) is 0 Å². The molecule has 0 aliphatic heterocycles. The Balaban J connectivity index is 2.09. The minimum Gasteiger partial charge on any atom is -0.379 e. The zero-order valence-corrected chi connectivity index (χ0v) is 12.0. The van der Waals surface area contributed by atoms with Crippen LogP contribution in [0.15, 0.2) is 30.7 Å². The zero-order valence-electron chi connectivity index (χ0n) is 11.3. The van der Waals surface area contributed by atoms with Crippen molar-refractivity contribution in [2.75, 3.05) is 5.32 Å². The van der Waals surface area contributed by atoms with Crippen LogP contribution in [0.1, 0.15) is 29.4 Å². The van der Waals surface area contributed by atoms with Gasteiger partial charge in [-0.3, -0.25) is 4.79 Å². The fourth-order valence-corrected chi connectivity index (χ4v) is 2.16. The third-order valence-corrected chi connectivity index (χ3v) is 3.30. The van der Waals surface area contributed by atoms with Gasteiger partial charge in [0.15, 0.2) is 0 Å². The molecule has 1 heterocycles. The normalized spacial score (nSPS) is 10.5. The molecule has 0 saturated carbocycles. The second-order valence-corrected chi connectivity index (χ2v) is 4.90. The van der Waals surface area contributed by atoms with Crippen molar-refractivity contribution in [3.05, 3.63) is 47.0 Å². The third-order valence-electron chi connectivity index (χ3n) is 2.97. The molecule has 3 N–H and O–H groups in total. The molecule has 0 aliphatic rings. The summed E-state index contributed by atoms with van der Waals surface area (Å²) in [5.74, 6) is -0.533. The molecule has 0 bridgehead atoms. The Morgan fingerprint density at radius 3 is 3.00 bits per heavy atom. The van der Waals surface area contributed by atoms with E-state index in [0.717, 1.165) is 24.3 Å². The number of nitrogens with one attached hydrogen (secondary N) is 1. The van der Waals surface area contributed by atoms with Crippen LogP contribution in [-0.2, 0) is 13.1 Å². The standard InChI is InChI=1S/C14H17ClN4O/c1-2-5-19-9-17-7-11(19)8-18-10-3-4-13(15)12(6-10)14(16)20/h3-4,6-7,9,18H,2,5,8H2,1H3,(H2,16,20). The Morgan fingerprint density at radius 1 is 1.50 bits per heavy atom. The van der Waals surface area contributed by atoms with E-state index in [1.807, 2.05) is 18.6 Å². The molecule has 0 unspecified atom stereocenters. The second-order valence-electron chi connectivity index (χ2n) is 4.49. The number of imidazole rings is 1. The SMILES string of the molecule is CCCn1cncc1CNc1ccc(Cl)c(C(N)=O)c1. The molecule has 0 aliphatic carbocycles. The van der Waals surface area contributed by atoms with Crippen LogP contribution in [0.3, 0.4) is 0 Å². The Bertz CT molecular complexity index is 609. The highest BCUT2D eigenvalue weighted by molar-refractivity contribution is 6.33. The molecule has 20 heavy (non-hydrogen) atoms. The number of aryl methyl sites for hydroxylation is 1. The highest BCUT2D eigenvalue weighted by atomic mass is 35.5. The van der Waals surface area contributed by atoms with Gasteiger partial charge in [-0.1, -0.05) is 18.5 Å². The Kier molecular flexibility index (Phi) is 4.63. The first-order valence-corrected chi connectivity index (χ1v) is 6.82. The van der Waals surface area contributed by atoms with Gasteiger partial charge in [-0.25, -0.2) is 4.98 Å². The number of hydrogen-bond acceptors (Lipinski definition) is 3. The first kappa shape index (κ1) is 14.4. The summed E-state index contributed by atoms with van der Waals surface area (Å²) < 4.78 is 2.10. The highest BCUT2D eigenvalue weighted by Gasteiger charge is 2.08. The van der Waals surface area contributed by atoms with Crippen LogP contribution in [-0.4, -0.2) is 15.5 Å². The summed E-state index contributed by atoms with van der Waals surface area (Å²) in [5.41, 5.74) is 7.48. The van der Waals surface area contributed by atoms with Gasteiger partial charge < -0.3 is 15.6 Å². The largest absolute Gasteiger partial charge is 0.379 e. The third kappa shape index (κ3) is 3.30. The Hall–Kier alpha value is -2.01. The lowest BCUT2D eigenvalue weighted by atomic mass is 10.2. The highest BCUT2D eigenvalue weighted by Crippen LogP contribution is 2.20. The van der Waals surface area contributed by atoms with Gasteiger partial charge in [0, 0.05) is 18.4 Å². The van der Waals surface area contributed by atoms with Gasteiger partial charge in [-0.15, -0.1) is 0 Å². The minimum atomic E-state index is -0.533. The number of hydrogen-bond donors (Lipinski definition) is 2. The number of amides is 1. The average molecular weight is 293 g/mol. The van der Waals surface area contributed by atoms with Crippen LogP contribution in [0.25, 0.3) is 0 Å². The number of carbonyl (C=O) groups is 1. The molecule has 106 valence electrons. The van der Waals surface area contributed by atoms with Crippen molar-refractivity contribution >= 4 is 23.2 Å². The molecule has 1 amide bonds. The van der Waals surface area contributed by atoms with Crippen LogP contribution in [0.2, 0.25) is 5.02 Å². The van der Waals surface area contributed by atoms with Crippen LogP contribution < -0.4 is 11.1 Å². The van der Waals surface area contributed by atoms with Gasteiger partial charge in [0.2, 0.25) is 5.91 Å². The number of anilines is 1. The summed E-state index contributed by atoms with van der Waals surface area (Å²) in [5, 5.41) is 3.60. The van der Waals surface area contributed by atoms with Crippen LogP contribution >= 0.6 is 11.6 Å². The monoisotopic (exact) mass is 292 g/mol. The lowest BCUT2D eigenvalue weighted by Gasteiger charge is -2.10. The van der Waals surface area contributed by atoms with E-state index in [-0.39, 0.29) is 0 Å². The van der Waals surface area contributed by atoms with E-state index >= 15 is 0 Å². The number of benzene rings is 1. The van der Waals surface area contributed by atoms with Crippen molar-refractivity contribution in [1.29, 1.82) is 0 Å². The van der Waals surface area contributed by atoms with Crippen molar-refractivity contribution < 1.29 is 4.79 Å². The smallest absolute Gasteiger partial charge is 0.250 e. The summed E-state index contributed by atoms with van der Waals surface area (Å²) in [7, 11) is 0. The van der Waals surface area contributed by atoms with E-state index in [4.69, 9.17) is 17.3 Å². The van der Waals surface area contributed by atoms with Gasteiger partial charge >= 0.3 is 0 Å². The molecular weight excluding hydrogens is 276 g/mol. The fourth-order valence-electron chi connectivity index (χ4n) is 1.95. The van der Waals surface area contributed by atoms with Crippen LogP contribution in [0.5, 0.6) is 0 Å². The molecule has 5 nitrogen and oxygen atoms in total. The molecule has 1 aromatic heterocycles. The quantitative estimate of drug-likeness (QED) is 0.859. The number of carbonyl (C=O) groups excluding carboxylic acids is 1. The summed E-state index contributed by atoms with van der Waals surface area (Å²) in [6, 6.07) is 5.13. The lowest BCUT2D eigenvalue weighted by molar-refractivity contribution is 0.100. The average Bonchev–Trinajstić information content (AvgIpc) is 2.85. The number of primary amides is 1. The van der Waals surface area contributed by atoms with E-state index in [2.05, 4.69) is 21.8 Å². The second kappa shape index (κ2) is 6.43. The number of nitrogens with zero attached hydrogens (tertiary/aromatic N) is 2. The Morgan fingerprint density at radius 2 is 2.30 bits per heavy atom. The maximum absolute atomic E-state index is 11.2. The summed E-state index contributed by atoms with van der Waals surface area (Å²) in [6.45, 7) is 3.68. The van der Waals surface area contributed by atoms with Crippen LogP contribution in [0.4, 0.5) is 5.69 Å². The van der Waals surface area contributed by atoms with E-state index in [1.54, 1.807) is 12.1 Å². The van der Waals surface area contributed by atoms with Crippen molar-refractivity contribution in [2.45, 2.75) is 26.4 Å². The van der Waals surface area contributed by atoms with Crippen molar-refractivity contribution in [3.8, 4) is 0 Å². The van der Waals surface area contributed by atoms with E-state index in [1.165, 1.54) is 0 Å². The molecule has 0 atom stereocenters. The summed E-state index contributed by atoms with van der Waals surface area (Å²) in [6.07, 6.45) is 4.70. The molecule has 0 saturated heterocycles. The van der Waals surface area contributed by atoms with Crippen molar-refractivity contribution in [1.82, 2.24) is 9.55 Å². The molecule has 2 rings (SSSR count). The maximum atomic E-state index is 11.2. The minimum absolute atomic E-state index is 0.318. The molecule has 1 aromatic carbocycles. The number of rotatable bonds is 6. The van der Waals surface area contributed by atoms with E-state index < -0.39 is 5.91 Å². The zero-order chi connectivity index (χ0) is 14.5. The predicted molar refractivity (Wildman–Crippen MR) is 79.8 cm³/mol. The summed E-state index contributed by atoms with van der Waals surface area (Å²) >= 11 is 5.91.